The van der Waals surface area contributed by atoms with Gasteiger partial charge in [-0.25, -0.2) is 0 Å². The Morgan fingerprint density at radius 1 is 1.44 bits per heavy atom. The number of nitrogens with one attached hydrogen (secondary N) is 1. The van der Waals surface area contributed by atoms with Crippen molar-refractivity contribution in [1.29, 1.82) is 0 Å². The Labute approximate surface area is 101 Å². The molecule has 0 aromatic carbocycles. The minimum Gasteiger partial charge on any atom is -0.313 e. The van der Waals surface area contributed by atoms with Gasteiger partial charge in [-0.1, -0.05) is 13.5 Å². The highest BCUT2D eigenvalue weighted by Crippen LogP contribution is 2.30. The molecule has 0 radical (unpaired) electrons. The molecule has 0 atom stereocenters. The lowest BCUT2D eigenvalue weighted by molar-refractivity contribution is 0.229. The molecule has 1 aliphatic carbocycles. The summed E-state index contributed by atoms with van der Waals surface area (Å²) in [6, 6.07) is 0.642. The first-order chi connectivity index (χ1) is 7.63. The Morgan fingerprint density at radius 3 is 2.62 bits per heavy atom. The third-order valence-corrected chi connectivity index (χ3v) is 3.15. The fourth-order valence-electron chi connectivity index (χ4n) is 1.88. The lowest BCUT2D eigenvalue weighted by Crippen LogP contribution is -2.36. The van der Waals surface area contributed by atoms with Crippen LogP contribution in [-0.4, -0.2) is 37.1 Å². The molecule has 0 amide bonds. The van der Waals surface area contributed by atoms with Crippen LogP contribution in [0, 0.1) is 5.92 Å². The number of nitrogens with zero attached hydrogens (tertiary/aromatic N) is 1. The largest absolute Gasteiger partial charge is 0.313 e. The molecule has 0 bridgehead atoms. The van der Waals surface area contributed by atoms with Crippen LogP contribution in [0.1, 0.15) is 40.0 Å². The van der Waals surface area contributed by atoms with E-state index in [1.807, 2.05) is 0 Å². The van der Waals surface area contributed by atoms with Crippen molar-refractivity contribution >= 4 is 0 Å². The Bertz CT molecular complexity index is 207. The Balaban J connectivity index is 2.21. The van der Waals surface area contributed by atoms with Gasteiger partial charge in [0.1, 0.15) is 0 Å². The molecule has 0 aromatic heterocycles. The van der Waals surface area contributed by atoms with E-state index in [-0.39, 0.29) is 0 Å². The van der Waals surface area contributed by atoms with Gasteiger partial charge in [-0.05, 0) is 51.1 Å². The van der Waals surface area contributed by atoms with Gasteiger partial charge in [0.2, 0.25) is 0 Å². The van der Waals surface area contributed by atoms with Gasteiger partial charge in [0, 0.05) is 25.7 Å². The van der Waals surface area contributed by atoms with Gasteiger partial charge in [0.15, 0.2) is 0 Å². The van der Waals surface area contributed by atoms with Gasteiger partial charge >= 0.3 is 0 Å². The maximum Gasteiger partial charge on any atom is 0.0205 e. The Hall–Kier alpha value is -0.340. The van der Waals surface area contributed by atoms with E-state index in [0.717, 1.165) is 25.6 Å². The zero-order valence-corrected chi connectivity index (χ0v) is 11.3. The summed E-state index contributed by atoms with van der Waals surface area (Å²) < 4.78 is 0. The van der Waals surface area contributed by atoms with Crippen LogP contribution >= 0.6 is 0 Å². The lowest BCUT2D eigenvalue weighted by Gasteiger charge is -2.27. The van der Waals surface area contributed by atoms with Crippen molar-refractivity contribution in [3.05, 3.63) is 12.2 Å². The van der Waals surface area contributed by atoms with E-state index in [9.17, 15) is 0 Å². The van der Waals surface area contributed by atoms with Crippen LogP contribution in [0.25, 0.3) is 0 Å². The SMILES string of the molecule is C=C(CNCCC)CN(CC1CC1)C(C)C. The second kappa shape index (κ2) is 7.08. The van der Waals surface area contributed by atoms with E-state index < -0.39 is 0 Å². The fraction of sp³-hybridized carbons (Fsp3) is 0.857. The standard InChI is InChI=1S/C14H28N2/c1-5-8-15-9-13(4)10-16(12(2)3)11-14-6-7-14/h12,14-15H,4-11H2,1-3H3. The predicted molar refractivity (Wildman–Crippen MR) is 71.7 cm³/mol. The Morgan fingerprint density at radius 2 is 2.12 bits per heavy atom. The predicted octanol–water partition coefficient (Wildman–Crippen LogP) is 2.66. The number of hydrogen-bond donors (Lipinski definition) is 1. The van der Waals surface area contributed by atoms with Crippen LogP contribution in [0.2, 0.25) is 0 Å². The molecule has 1 rings (SSSR count). The smallest absolute Gasteiger partial charge is 0.0205 e. The molecule has 0 aromatic rings. The molecule has 2 heteroatoms. The molecule has 1 fully saturated rings. The molecular weight excluding hydrogens is 196 g/mol. The van der Waals surface area contributed by atoms with E-state index in [4.69, 9.17) is 0 Å². The highest BCUT2D eigenvalue weighted by Gasteiger charge is 2.25. The molecule has 0 unspecified atom stereocenters. The third-order valence-electron chi connectivity index (χ3n) is 3.15. The zero-order chi connectivity index (χ0) is 12.0. The molecule has 1 saturated carbocycles. The maximum absolute atomic E-state index is 4.17. The number of hydrogen-bond acceptors (Lipinski definition) is 2. The van der Waals surface area contributed by atoms with Gasteiger partial charge in [-0.15, -0.1) is 0 Å². The molecule has 94 valence electrons. The normalized spacial score (nSPS) is 16.1. The topological polar surface area (TPSA) is 15.3 Å². The van der Waals surface area contributed by atoms with Crippen molar-refractivity contribution in [3.63, 3.8) is 0 Å². The molecule has 2 nitrogen and oxygen atoms in total. The average Bonchev–Trinajstić information content (AvgIpc) is 3.01. The summed E-state index contributed by atoms with van der Waals surface area (Å²) in [5.41, 5.74) is 1.32. The summed E-state index contributed by atoms with van der Waals surface area (Å²) in [5, 5.41) is 3.42. The molecular formula is C14H28N2. The van der Waals surface area contributed by atoms with Gasteiger partial charge in [0.25, 0.3) is 0 Å². The van der Waals surface area contributed by atoms with Crippen molar-refractivity contribution in [3.8, 4) is 0 Å². The first-order valence-electron chi connectivity index (χ1n) is 6.74. The second-order valence-electron chi connectivity index (χ2n) is 5.39. The van der Waals surface area contributed by atoms with E-state index in [1.165, 1.54) is 31.4 Å². The van der Waals surface area contributed by atoms with Crippen LogP contribution < -0.4 is 5.32 Å². The van der Waals surface area contributed by atoms with E-state index in [1.54, 1.807) is 0 Å². The Kier molecular flexibility index (Phi) is 6.07. The van der Waals surface area contributed by atoms with Crippen LogP contribution in [0.5, 0.6) is 0 Å². The maximum atomic E-state index is 4.17. The van der Waals surface area contributed by atoms with Crippen LogP contribution in [0.3, 0.4) is 0 Å². The van der Waals surface area contributed by atoms with Crippen molar-refractivity contribution < 1.29 is 0 Å². The fourth-order valence-corrected chi connectivity index (χ4v) is 1.88. The van der Waals surface area contributed by atoms with Crippen molar-refractivity contribution in [2.75, 3.05) is 26.2 Å². The summed E-state index contributed by atoms with van der Waals surface area (Å²) in [4.78, 5) is 2.56. The van der Waals surface area contributed by atoms with Crippen LogP contribution in [-0.2, 0) is 0 Å². The molecule has 1 N–H and O–H groups in total. The summed E-state index contributed by atoms with van der Waals surface area (Å²) in [6.07, 6.45) is 4.07. The van der Waals surface area contributed by atoms with Gasteiger partial charge in [-0.2, -0.15) is 0 Å². The zero-order valence-electron chi connectivity index (χ0n) is 11.3. The summed E-state index contributed by atoms with van der Waals surface area (Å²) in [7, 11) is 0. The van der Waals surface area contributed by atoms with Gasteiger partial charge in [-0.3, -0.25) is 4.90 Å². The van der Waals surface area contributed by atoms with E-state index in [0.29, 0.717) is 6.04 Å². The van der Waals surface area contributed by atoms with Crippen LogP contribution in [0.15, 0.2) is 12.2 Å². The average molecular weight is 224 g/mol. The number of rotatable bonds is 9. The summed E-state index contributed by atoms with van der Waals surface area (Å²) >= 11 is 0. The van der Waals surface area contributed by atoms with E-state index in [2.05, 4.69) is 37.6 Å². The first kappa shape index (κ1) is 13.7. The van der Waals surface area contributed by atoms with Gasteiger partial charge in [0.05, 0.1) is 0 Å². The van der Waals surface area contributed by atoms with Crippen molar-refractivity contribution in [1.82, 2.24) is 10.2 Å². The highest BCUT2D eigenvalue weighted by molar-refractivity contribution is 5.00. The van der Waals surface area contributed by atoms with Crippen molar-refractivity contribution in [2.45, 2.75) is 46.1 Å². The molecule has 16 heavy (non-hydrogen) atoms. The van der Waals surface area contributed by atoms with Gasteiger partial charge < -0.3 is 5.32 Å². The van der Waals surface area contributed by atoms with E-state index >= 15 is 0 Å². The molecule has 0 saturated heterocycles. The third kappa shape index (κ3) is 5.66. The monoisotopic (exact) mass is 224 g/mol. The first-order valence-corrected chi connectivity index (χ1v) is 6.74. The molecule has 0 aliphatic heterocycles. The molecule has 0 heterocycles. The minimum atomic E-state index is 0.642. The highest BCUT2D eigenvalue weighted by atomic mass is 15.2. The molecule has 0 spiro atoms. The second-order valence-corrected chi connectivity index (χ2v) is 5.39. The van der Waals surface area contributed by atoms with Crippen molar-refractivity contribution in [2.24, 2.45) is 5.92 Å². The minimum absolute atomic E-state index is 0.642. The van der Waals surface area contributed by atoms with Crippen LogP contribution in [0.4, 0.5) is 0 Å². The molecule has 1 aliphatic rings. The quantitative estimate of drug-likeness (QED) is 0.478. The summed E-state index contributed by atoms with van der Waals surface area (Å²) in [6.45, 7) is 15.3. The lowest BCUT2D eigenvalue weighted by atomic mass is 10.2. The summed E-state index contributed by atoms with van der Waals surface area (Å²) in [5.74, 6) is 0.971.